The van der Waals surface area contributed by atoms with E-state index in [9.17, 15) is 19.7 Å². The average Bonchev–Trinajstić information content (AvgIpc) is 3.20. The zero-order valence-corrected chi connectivity index (χ0v) is 18.6. The van der Waals surface area contributed by atoms with Crippen LogP contribution in [0.1, 0.15) is 29.1 Å². The Morgan fingerprint density at radius 2 is 1.91 bits per heavy atom. The zero-order chi connectivity index (χ0) is 24.3. The average molecular weight is 466 g/mol. The van der Waals surface area contributed by atoms with Crippen LogP contribution in [0.15, 0.2) is 71.9 Å². The molecule has 10 heteroatoms. The third-order valence-electron chi connectivity index (χ3n) is 6.29. The van der Waals surface area contributed by atoms with Gasteiger partial charge in [-0.05, 0) is 30.8 Å². The molecule has 0 spiro atoms. The summed E-state index contributed by atoms with van der Waals surface area (Å²) in [6.07, 6.45) is 7.37. The van der Waals surface area contributed by atoms with Crippen molar-refractivity contribution in [2.75, 3.05) is 5.01 Å². The molecule has 1 aliphatic heterocycles. The quantitative estimate of drug-likeness (QED) is 0.338. The Kier molecular flexibility index (Phi) is 4.49. The van der Waals surface area contributed by atoms with Crippen LogP contribution in [-0.2, 0) is 11.2 Å². The molecule has 2 aliphatic rings. The lowest BCUT2D eigenvalue weighted by Crippen LogP contribution is -2.44. The van der Waals surface area contributed by atoms with Gasteiger partial charge in [-0.3, -0.25) is 14.6 Å². The Labute approximate surface area is 198 Å². The van der Waals surface area contributed by atoms with Crippen LogP contribution in [0.25, 0.3) is 22.2 Å². The number of hydrogen-bond acceptors (Lipinski definition) is 6. The first kappa shape index (κ1) is 20.7. The van der Waals surface area contributed by atoms with Gasteiger partial charge in [-0.2, -0.15) is 9.24 Å². The summed E-state index contributed by atoms with van der Waals surface area (Å²) >= 11 is 0. The molecular formula is C25H18N6O4. The van der Waals surface area contributed by atoms with Gasteiger partial charge in [0.1, 0.15) is 11.5 Å². The fourth-order valence-corrected chi connectivity index (χ4v) is 4.78. The molecule has 3 aromatic heterocycles. The van der Waals surface area contributed by atoms with Gasteiger partial charge in [0.15, 0.2) is 5.70 Å². The molecule has 1 amide bonds. The number of amides is 1. The number of benzene rings is 1. The molecule has 0 unspecified atom stereocenters. The zero-order valence-electron chi connectivity index (χ0n) is 18.6. The van der Waals surface area contributed by atoms with Crippen LogP contribution in [0.5, 0.6) is 0 Å². The lowest BCUT2D eigenvalue weighted by atomic mass is 9.96. The second-order valence-corrected chi connectivity index (χ2v) is 8.32. The van der Waals surface area contributed by atoms with Crippen molar-refractivity contribution in [2.24, 2.45) is 0 Å². The Bertz CT molecular complexity index is 1680. The molecule has 172 valence electrons. The van der Waals surface area contributed by atoms with Crippen molar-refractivity contribution in [3.63, 3.8) is 0 Å². The SMILES string of the molecule is Cc1nc2cnccc2c(=O)n1N1C=C(c2ccccc2)n2c([N+](=O)[O-])cc3c2C(=CCC3)C1=O. The largest absolute Gasteiger partial charge is 0.358 e. The van der Waals surface area contributed by atoms with E-state index in [1.165, 1.54) is 38.9 Å². The highest BCUT2D eigenvalue weighted by Crippen LogP contribution is 2.40. The number of carbonyl (C=O) groups is 1. The molecule has 0 radical (unpaired) electrons. The third kappa shape index (κ3) is 3.03. The first-order valence-electron chi connectivity index (χ1n) is 11.0. The maximum absolute atomic E-state index is 14.0. The molecule has 10 nitrogen and oxygen atoms in total. The number of nitrogens with zero attached hydrogens (tertiary/aromatic N) is 6. The van der Waals surface area contributed by atoms with Gasteiger partial charge in [-0.1, -0.05) is 36.4 Å². The molecule has 0 saturated heterocycles. The molecule has 4 aromatic rings. The van der Waals surface area contributed by atoms with Gasteiger partial charge in [0.25, 0.3) is 11.5 Å². The fourth-order valence-electron chi connectivity index (χ4n) is 4.78. The smallest absolute Gasteiger partial charge is 0.329 e. The molecule has 1 aliphatic carbocycles. The van der Waals surface area contributed by atoms with E-state index in [1.807, 2.05) is 30.3 Å². The molecule has 0 N–H and O–H groups in total. The maximum atomic E-state index is 14.0. The van der Waals surface area contributed by atoms with E-state index in [1.54, 1.807) is 19.1 Å². The molecule has 4 heterocycles. The normalized spacial score (nSPS) is 14.9. The number of rotatable bonds is 3. The predicted octanol–water partition coefficient (Wildman–Crippen LogP) is 3.16. The van der Waals surface area contributed by atoms with Crippen LogP contribution < -0.4 is 10.6 Å². The van der Waals surface area contributed by atoms with Gasteiger partial charge in [0, 0.05) is 23.4 Å². The lowest BCUT2D eigenvalue weighted by Gasteiger charge is -2.23. The molecule has 0 bridgehead atoms. The molecular weight excluding hydrogens is 448 g/mol. The summed E-state index contributed by atoms with van der Waals surface area (Å²) in [5.41, 5.74) is 2.54. The fraction of sp³-hybridized carbons (Fsp3) is 0.120. The Morgan fingerprint density at radius 1 is 1.11 bits per heavy atom. The number of allylic oxidation sites excluding steroid dienone is 1. The van der Waals surface area contributed by atoms with Crippen molar-refractivity contribution in [1.29, 1.82) is 0 Å². The molecule has 0 atom stereocenters. The summed E-state index contributed by atoms with van der Waals surface area (Å²) in [6, 6.07) is 12.2. The van der Waals surface area contributed by atoms with E-state index >= 15 is 0 Å². The summed E-state index contributed by atoms with van der Waals surface area (Å²) in [6.45, 7) is 1.63. The number of fused-ring (bicyclic) bond motifs is 1. The number of nitro groups is 1. The van der Waals surface area contributed by atoms with Crippen molar-refractivity contribution in [2.45, 2.75) is 19.8 Å². The van der Waals surface area contributed by atoms with E-state index in [4.69, 9.17) is 0 Å². The first-order valence-corrected chi connectivity index (χ1v) is 11.0. The van der Waals surface area contributed by atoms with Crippen LogP contribution >= 0.6 is 0 Å². The second-order valence-electron chi connectivity index (χ2n) is 8.32. The van der Waals surface area contributed by atoms with Gasteiger partial charge in [0.05, 0.1) is 28.9 Å². The van der Waals surface area contributed by atoms with Crippen molar-refractivity contribution in [3.05, 3.63) is 110 Å². The van der Waals surface area contributed by atoms with Gasteiger partial charge in [-0.25, -0.2) is 9.99 Å². The van der Waals surface area contributed by atoms with Crippen molar-refractivity contribution in [1.82, 2.24) is 19.2 Å². The highest BCUT2D eigenvalue weighted by molar-refractivity contribution is 6.26. The predicted molar refractivity (Wildman–Crippen MR) is 129 cm³/mol. The van der Waals surface area contributed by atoms with Gasteiger partial charge >= 0.3 is 5.82 Å². The second kappa shape index (κ2) is 7.59. The topological polar surface area (TPSA) is 116 Å². The standard InChI is InChI=1S/C25H18N6O4/c1-15-27-20-13-26-11-10-18(20)25(33)30(15)28-14-21(16-6-3-2-4-7-16)29-22(31(34)35)12-17-8-5-9-19(23(17)29)24(28)32/h2-4,6-7,9-14H,5,8H2,1H3. The van der Waals surface area contributed by atoms with E-state index in [0.29, 0.717) is 46.3 Å². The lowest BCUT2D eigenvalue weighted by molar-refractivity contribution is -0.390. The maximum Gasteiger partial charge on any atom is 0.329 e. The Hall–Kier alpha value is -4.86. The van der Waals surface area contributed by atoms with Crippen LogP contribution in [0.2, 0.25) is 0 Å². The van der Waals surface area contributed by atoms with Crippen LogP contribution in [0.3, 0.4) is 0 Å². The molecule has 6 rings (SSSR count). The van der Waals surface area contributed by atoms with Crippen LogP contribution in [-0.4, -0.2) is 30.0 Å². The Balaban J connectivity index is 1.71. The van der Waals surface area contributed by atoms with Gasteiger partial charge in [-0.15, -0.1) is 0 Å². The number of pyridine rings is 1. The van der Waals surface area contributed by atoms with Gasteiger partial charge < -0.3 is 10.1 Å². The minimum absolute atomic E-state index is 0.140. The highest BCUT2D eigenvalue weighted by atomic mass is 16.6. The molecule has 1 aromatic carbocycles. The molecule has 0 fully saturated rings. The van der Waals surface area contributed by atoms with E-state index < -0.39 is 16.4 Å². The number of carbonyl (C=O) groups excluding carboxylic acids is 1. The van der Waals surface area contributed by atoms with Crippen LogP contribution in [0, 0.1) is 17.0 Å². The van der Waals surface area contributed by atoms with E-state index in [0.717, 1.165) is 5.56 Å². The molecule has 0 saturated carbocycles. The number of aromatic nitrogens is 4. The van der Waals surface area contributed by atoms with E-state index in [-0.39, 0.29) is 11.6 Å². The molecule has 35 heavy (non-hydrogen) atoms. The first-order chi connectivity index (χ1) is 17.0. The minimum atomic E-state index is -0.466. The van der Waals surface area contributed by atoms with Crippen molar-refractivity contribution in [3.8, 4) is 0 Å². The summed E-state index contributed by atoms with van der Waals surface area (Å²) < 4.78 is 2.72. The van der Waals surface area contributed by atoms with Crippen molar-refractivity contribution >= 4 is 33.9 Å². The summed E-state index contributed by atoms with van der Waals surface area (Å²) in [4.78, 5) is 47.6. The summed E-state index contributed by atoms with van der Waals surface area (Å²) in [7, 11) is 0. The number of aryl methyl sites for hydroxylation is 2. The minimum Gasteiger partial charge on any atom is -0.358 e. The third-order valence-corrected chi connectivity index (χ3v) is 6.29. The van der Waals surface area contributed by atoms with Crippen LogP contribution in [0.4, 0.5) is 5.82 Å². The summed E-state index contributed by atoms with van der Waals surface area (Å²) in [5.74, 6) is -0.323. The highest BCUT2D eigenvalue weighted by Gasteiger charge is 2.39. The van der Waals surface area contributed by atoms with Gasteiger partial charge in [0.2, 0.25) is 0 Å². The summed E-state index contributed by atoms with van der Waals surface area (Å²) in [5, 5.41) is 13.6. The van der Waals surface area contributed by atoms with E-state index in [2.05, 4.69) is 9.97 Å². The number of hydrogen-bond donors (Lipinski definition) is 0. The van der Waals surface area contributed by atoms with Crippen molar-refractivity contribution < 1.29 is 9.72 Å². The monoisotopic (exact) mass is 466 g/mol. The Morgan fingerprint density at radius 3 is 2.69 bits per heavy atom.